The van der Waals surface area contributed by atoms with Crippen molar-refractivity contribution in [2.24, 2.45) is 0 Å². The fraction of sp³-hybridized carbons (Fsp3) is 0.520. The van der Waals surface area contributed by atoms with Crippen molar-refractivity contribution in [1.29, 1.82) is 0 Å². The molecule has 3 rings (SSSR count). The maximum atomic E-state index is 13.3. The first kappa shape index (κ1) is 23.9. The van der Waals surface area contributed by atoms with Crippen LogP contribution in [0.4, 0.5) is 0 Å². The Kier molecular flexibility index (Phi) is 9.08. The lowest BCUT2D eigenvalue weighted by atomic mass is 10.1. The summed E-state index contributed by atoms with van der Waals surface area (Å²) in [5.74, 6) is 0. The van der Waals surface area contributed by atoms with Crippen molar-refractivity contribution in [3.05, 3.63) is 65.7 Å². The molecule has 6 heteroatoms. The zero-order valence-electron chi connectivity index (χ0n) is 18.7. The number of sulfonamides is 1. The molecule has 0 saturated carbocycles. The van der Waals surface area contributed by atoms with Crippen molar-refractivity contribution >= 4 is 10.0 Å². The van der Waals surface area contributed by atoms with Crippen molar-refractivity contribution in [2.75, 3.05) is 19.7 Å². The van der Waals surface area contributed by atoms with Crippen LogP contribution < -0.4 is 0 Å². The van der Waals surface area contributed by atoms with Gasteiger partial charge in [0.15, 0.2) is 0 Å². The van der Waals surface area contributed by atoms with Crippen molar-refractivity contribution in [3.8, 4) is 0 Å². The molecule has 0 amide bonds. The zero-order valence-corrected chi connectivity index (χ0v) is 19.5. The molecule has 1 fully saturated rings. The Morgan fingerprint density at radius 1 is 0.968 bits per heavy atom. The van der Waals surface area contributed by atoms with Gasteiger partial charge in [0.25, 0.3) is 0 Å². The van der Waals surface area contributed by atoms with E-state index in [4.69, 9.17) is 9.47 Å². The number of benzene rings is 2. The quantitative estimate of drug-likeness (QED) is 0.460. The van der Waals surface area contributed by atoms with Crippen LogP contribution in [-0.4, -0.2) is 44.6 Å². The lowest BCUT2D eigenvalue weighted by molar-refractivity contribution is -0.101. The Morgan fingerprint density at radius 3 is 2.39 bits per heavy atom. The SMILES string of the molecule is CCCCCC[C@H]1CN(S(=O)(=O)c2ccc(C)cc2)C[C@H](COCc2ccccc2)O1. The molecule has 0 N–H and O–H groups in total. The molecule has 31 heavy (non-hydrogen) atoms. The summed E-state index contributed by atoms with van der Waals surface area (Å²) in [6, 6.07) is 17.1. The number of aryl methyl sites for hydroxylation is 1. The summed E-state index contributed by atoms with van der Waals surface area (Å²) in [5.41, 5.74) is 2.14. The highest BCUT2D eigenvalue weighted by Crippen LogP contribution is 2.24. The van der Waals surface area contributed by atoms with Gasteiger partial charge in [0.1, 0.15) is 0 Å². The van der Waals surface area contributed by atoms with E-state index in [-0.39, 0.29) is 12.2 Å². The van der Waals surface area contributed by atoms with Crippen LogP contribution in [0.25, 0.3) is 0 Å². The number of ether oxygens (including phenoxy) is 2. The fourth-order valence-corrected chi connectivity index (χ4v) is 5.38. The van der Waals surface area contributed by atoms with Gasteiger partial charge in [-0.05, 0) is 31.0 Å². The highest BCUT2D eigenvalue weighted by Gasteiger charge is 2.35. The summed E-state index contributed by atoms with van der Waals surface area (Å²) in [7, 11) is -3.56. The van der Waals surface area contributed by atoms with Crippen LogP contribution in [0, 0.1) is 6.92 Å². The third kappa shape index (κ3) is 7.14. The standard InChI is InChI=1S/C25H35NO4S/c1-3-4-5-9-12-23-17-26(31(27,28)25-15-13-21(2)14-16-25)18-24(30-23)20-29-19-22-10-7-6-8-11-22/h6-8,10-11,13-16,23-24H,3-5,9,12,17-20H2,1-2H3/t23-,24+/m0/s1. The van der Waals surface area contributed by atoms with E-state index in [0.717, 1.165) is 30.4 Å². The Labute approximate surface area is 187 Å². The van der Waals surface area contributed by atoms with Gasteiger partial charge in [-0.1, -0.05) is 80.6 Å². The third-order valence-electron chi connectivity index (χ3n) is 5.65. The molecule has 0 aliphatic carbocycles. The second-order valence-electron chi connectivity index (χ2n) is 8.37. The Bertz CT molecular complexity index is 883. The molecule has 1 heterocycles. The Hall–Kier alpha value is -1.73. The molecule has 0 spiro atoms. The van der Waals surface area contributed by atoms with E-state index in [1.165, 1.54) is 12.8 Å². The van der Waals surface area contributed by atoms with E-state index in [2.05, 4.69) is 6.92 Å². The summed E-state index contributed by atoms with van der Waals surface area (Å²) < 4.78 is 40.3. The molecule has 170 valence electrons. The maximum absolute atomic E-state index is 13.3. The largest absolute Gasteiger partial charge is 0.374 e. The van der Waals surface area contributed by atoms with Gasteiger partial charge in [0.2, 0.25) is 10.0 Å². The summed E-state index contributed by atoms with van der Waals surface area (Å²) >= 11 is 0. The van der Waals surface area contributed by atoms with E-state index < -0.39 is 10.0 Å². The van der Waals surface area contributed by atoms with Gasteiger partial charge in [-0.15, -0.1) is 0 Å². The van der Waals surface area contributed by atoms with Crippen LogP contribution in [0.15, 0.2) is 59.5 Å². The predicted octanol–water partition coefficient (Wildman–Crippen LogP) is 4.94. The van der Waals surface area contributed by atoms with Gasteiger partial charge < -0.3 is 9.47 Å². The summed E-state index contributed by atoms with van der Waals surface area (Å²) in [6.45, 7) is 5.73. The second kappa shape index (κ2) is 11.8. The van der Waals surface area contributed by atoms with Gasteiger partial charge in [-0.2, -0.15) is 4.31 Å². The van der Waals surface area contributed by atoms with Gasteiger partial charge >= 0.3 is 0 Å². The summed E-state index contributed by atoms with van der Waals surface area (Å²) in [4.78, 5) is 0.341. The molecule has 1 aliphatic rings. The minimum Gasteiger partial charge on any atom is -0.374 e. The normalized spacial score (nSPS) is 20.1. The van der Waals surface area contributed by atoms with Crippen molar-refractivity contribution < 1.29 is 17.9 Å². The fourth-order valence-electron chi connectivity index (χ4n) is 3.88. The van der Waals surface area contributed by atoms with Crippen molar-refractivity contribution in [3.63, 3.8) is 0 Å². The molecule has 1 saturated heterocycles. The minimum absolute atomic E-state index is 0.101. The van der Waals surface area contributed by atoms with E-state index in [9.17, 15) is 8.42 Å². The minimum atomic E-state index is -3.56. The first-order chi connectivity index (χ1) is 15.0. The topological polar surface area (TPSA) is 55.8 Å². The molecule has 2 aromatic carbocycles. The van der Waals surface area contributed by atoms with Crippen LogP contribution in [-0.2, 0) is 26.1 Å². The maximum Gasteiger partial charge on any atom is 0.243 e. The van der Waals surface area contributed by atoms with Crippen LogP contribution in [0.1, 0.15) is 50.2 Å². The second-order valence-corrected chi connectivity index (χ2v) is 10.3. The van der Waals surface area contributed by atoms with Gasteiger partial charge in [-0.3, -0.25) is 0 Å². The Morgan fingerprint density at radius 2 is 1.68 bits per heavy atom. The molecule has 1 aliphatic heterocycles. The molecule has 0 unspecified atom stereocenters. The Balaban J connectivity index is 1.66. The average molecular weight is 446 g/mol. The molecule has 0 bridgehead atoms. The van der Waals surface area contributed by atoms with Crippen LogP contribution >= 0.6 is 0 Å². The third-order valence-corrected chi connectivity index (χ3v) is 7.50. The van der Waals surface area contributed by atoms with E-state index in [1.807, 2.05) is 49.4 Å². The smallest absolute Gasteiger partial charge is 0.243 e. The zero-order chi connectivity index (χ0) is 22.1. The first-order valence-electron chi connectivity index (χ1n) is 11.3. The number of unbranched alkanes of at least 4 members (excludes halogenated alkanes) is 3. The molecular weight excluding hydrogens is 410 g/mol. The number of rotatable bonds is 11. The highest BCUT2D eigenvalue weighted by molar-refractivity contribution is 7.89. The molecule has 0 radical (unpaired) electrons. The number of hydrogen-bond acceptors (Lipinski definition) is 4. The predicted molar refractivity (Wildman–Crippen MR) is 123 cm³/mol. The summed E-state index contributed by atoms with van der Waals surface area (Å²) in [5, 5.41) is 0. The summed E-state index contributed by atoms with van der Waals surface area (Å²) in [6.07, 6.45) is 5.07. The van der Waals surface area contributed by atoms with Crippen LogP contribution in [0.3, 0.4) is 0 Å². The highest BCUT2D eigenvalue weighted by atomic mass is 32.2. The first-order valence-corrected chi connectivity index (χ1v) is 12.8. The van der Waals surface area contributed by atoms with Gasteiger partial charge in [-0.25, -0.2) is 8.42 Å². The molecule has 5 nitrogen and oxygen atoms in total. The number of hydrogen-bond donors (Lipinski definition) is 0. The van der Waals surface area contributed by atoms with E-state index in [0.29, 0.717) is 31.2 Å². The van der Waals surface area contributed by atoms with Gasteiger partial charge in [0, 0.05) is 13.1 Å². The lowest BCUT2D eigenvalue weighted by Crippen LogP contribution is -2.51. The van der Waals surface area contributed by atoms with Crippen molar-refractivity contribution in [1.82, 2.24) is 4.31 Å². The molecule has 2 atom stereocenters. The van der Waals surface area contributed by atoms with Crippen molar-refractivity contribution in [2.45, 2.75) is 69.7 Å². The van der Waals surface area contributed by atoms with E-state index >= 15 is 0 Å². The van der Waals surface area contributed by atoms with E-state index in [1.54, 1.807) is 16.4 Å². The van der Waals surface area contributed by atoms with Crippen LogP contribution in [0.2, 0.25) is 0 Å². The number of morpholine rings is 1. The monoisotopic (exact) mass is 445 g/mol. The average Bonchev–Trinajstić information content (AvgIpc) is 2.78. The molecule has 2 aromatic rings. The number of nitrogens with zero attached hydrogens (tertiary/aromatic N) is 1. The molecule has 0 aromatic heterocycles. The van der Waals surface area contributed by atoms with Gasteiger partial charge in [0.05, 0.1) is 30.3 Å². The lowest BCUT2D eigenvalue weighted by Gasteiger charge is -2.37. The van der Waals surface area contributed by atoms with Crippen LogP contribution in [0.5, 0.6) is 0 Å². The molecular formula is C25H35NO4S.